The third kappa shape index (κ3) is 5.54. The van der Waals surface area contributed by atoms with Crippen molar-refractivity contribution >= 4 is 39.6 Å². The van der Waals surface area contributed by atoms with E-state index in [4.69, 9.17) is 25.8 Å². The van der Waals surface area contributed by atoms with E-state index in [9.17, 15) is 9.59 Å². The summed E-state index contributed by atoms with van der Waals surface area (Å²) in [6.07, 6.45) is -0.626. The van der Waals surface area contributed by atoms with E-state index in [-0.39, 0.29) is 18.4 Å². The zero-order valence-electron chi connectivity index (χ0n) is 18.7. The molecule has 1 aliphatic rings. The molecule has 2 atom stereocenters. The maximum absolute atomic E-state index is 12.8. The molecular weight excluding hydrogens is 522 g/mol. The molecule has 0 unspecified atom stereocenters. The van der Waals surface area contributed by atoms with Gasteiger partial charge in [0.1, 0.15) is 17.6 Å². The molecule has 4 rings (SSSR count). The molecule has 1 heterocycles. The first kappa shape index (κ1) is 24.1. The largest absolute Gasteiger partial charge is 0.469 e. The highest BCUT2D eigenvalue weighted by Crippen LogP contribution is 2.36. The molecule has 0 spiro atoms. The molecule has 0 N–H and O–H groups in total. The summed E-state index contributed by atoms with van der Waals surface area (Å²) in [6, 6.07) is 20.0. The van der Waals surface area contributed by atoms with Crippen molar-refractivity contribution in [2.24, 2.45) is 0 Å². The molecule has 3 aromatic carbocycles. The van der Waals surface area contributed by atoms with Crippen LogP contribution in [0.1, 0.15) is 29.7 Å². The second-order valence-corrected chi connectivity index (χ2v) is 9.33. The number of halogens is 2. The first-order valence-electron chi connectivity index (χ1n) is 10.7. The quantitative estimate of drug-likeness (QED) is 0.310. The predicted molar refractivity (Wildman–Crippen MR) is 132 cm³/mol. The molecular formula is C26H23BrClNO5. The van der Waals surface area contributed by atoms with Crippen LogP contribution in [-0.4, -0.2) is 30.1 Å². The SMILES string of the molecule is COC(=O)Cc1cccc(Oc2ccc(Br)cc2CN2C(=O)O[C@H](c3ccc(Cl)cc3)[C@@H]2C)c1. The number of cyclic esters (lactones) is 1. The van der Waals surface area contributed by atoms with E-state index in [0.717, 1.165) is 21.2 Å². The van der Waals surface area contributed by atoms with Gasteiger partial charge in [0.15, 0.2) is 0 Å². The highest BCUT2D eigenvalue weighted by Gasteiger charge is 2.40. The summed E-state index contributed by atoms with van der Waals surface area (Å²) in [7, 11) is 1.36. The number of carbonyl (C=O) groups is 2. The smallest absolute Gasteiger partial charge is 0.411 e. The molecule has 0 radical (unpaired) electrons. The first-order chi connectivity index (χ1) is 16.3. The van der Waals surface area contributed by atoms with E-state index in [2.05, 4.69) is 15.9 Å². The molecule has 0 bridgehead atoms. The van der Waals surface area contributed by atoms with Crippen LogP contribution in [0.2, 0.25) is 5.02 Å². The van der Waals surface area contributed by atoms with Gasteiger partial charge in [-0.25, -0.2) is 4.79 Å². The van der Waals surface area contributed by atoms with Crippen LogP contribution in [0.5, 0.6) is 11.5 Å². The average Bonchev–Trinajstić information content (AvgIpc) is 3.10. The van der Waals surface area contributed by atoms with E-state index in [1.807, 2.05) is 55.5 Å². The summed E-state index contributed by atoms with van der Waals surface area (Å²) in [6.45, 7) is 2.26. The van der Waals surface area contributed by atoms with E-state index >= 15 is 0 Å². The molecule has 0 aromatic heterocycles. The number of nitrogens with zero attached hydrogens (tertiary/aromatic N) is 1. The Balaban J connectivity index is 1.55. The molecule has 1 aliphatic heterocycles. The number of amides is 1. The summed E-state index contributed by atoms with van der Waals surface area (Å²) in [5, 5.41) is 0.629. The number of ether oxygens (including phenoxy) is 3. The lowest BCUT2D eigenvalue weighted by Gasteiger charge is -2.22. The maximum Gasteiger partial charge on any atom is 0.411 e. The fraction of sp³-hybridized carbons (Fsp3) is 0.231. The van der Waals surface area contributed by atoms with E-state index < -0.39 is 12.2 Å². The van der Waals surface area contributed by atoms with E-state index in [1.165, 1.54) is 7.11 Å². The Morgan fingerprint density at radius 3 is 2.62 bits per heavy atom. The molecule has 1 amide bonds. The van der Waals surface area contributed by atoms with Crippen LogP contribution >= 0.6 is 27.5 Å². The van der Waals surface area contributed by atoms with Crippen molar-refractivity contribution < 1.29 is 23.8 Å². The van der Waals surface area contributed by atoms with Crippen molar-refractivity contribution in [3.05, 3.63) is 92.9 Å². The normalized spacial score (nSPS) is 17.4. The topological polar surface area (TPSA) is 65.1 Å². The van der Waals surface area contributed by atoms with Crippen LogP contribution in [0.15, 0.2) is 71.2 Å². The Morgan fingerprint density at radius 2 is 1.88 bits per heavy atom. The maximum atomic E-state index is 12.8. The number of methoxy groups -OCH3 is 1. The molecule has 0 aliphatic carbocycles. The molecule has 34 heavy (non-hydrogen) atoms. The van der Waals surface area contributed by atoms with Gasteiger partial charge in [0.25, 0.3) is 0 Å². The Bertz CT molecular complexity index is 1200. The Labute approximate surface area is 211 Å². The number of hydrogen-bond acceptors (Lipinski definition) is 5. The zero-order valence-corrected chi connectivity index (χ0v) is 21.0. The van der Waals surface area contributed by atoms with Crippen molar-refractivity contribution in [3.63, 3.8) is 0 Å². The summed E-state index contributed by atoms with van der Waals surface area (Å²) < 4.78 is 17.5. The molecule has 3 aromatic rings. The monoisotopic (exact) mass is 543 g/mol. The van der Waals surface area contributed by atoms with Gasteiger partial charge in [0, 0.05) is 15.1 Å². The number of rotatable bonds is 7. The van der Waals surface area contributed by atoms with E-state index in [1.54, 1.807) is 23.1 Å². The highest BCUT2D eigenvalue weighted by atomic mass is 79.9. The lowest BCUT2D eigenvalue weighted by atomic mass is 10.0. The molecule has 176 valence electrons. The van der Waals surface area contributed by atoms with Crippen LogP contribution in [0.3, 0.4) is 0 Å². The molecule has 1 saturated heterocycles. The highest BCUT2D eigenvalue weighted by molar-refractivity contribution is 9.10. The van der Waals surface area contributed by atoms with Gasteiger partial charge in [-0.15, -0.1) is 0 Å². The van der Waals surface area contributed by atoms with Gasteiger partial charge < -0.3 is 14.2 Å². The van der Waals surface area contributed by atoms with Crippen molar-refractivity contribution in [3.8, 4) is 11.5 Å². The lowest BCUT2D eigenvalue weighted by molar-refractivity contribution is -0.139. The number of benzene rings is 3. The predicted octanol–water partition coefficient (Wildman–Crippen LogP) is 6.69. The molecule has 6 nitrogen and oxygen atoms in total. The van der Waals surface area contributed by atoms with E-state index in [0.29, 0.717) is 23.1 Å². The molecule has 0 saturated carbocycles. The number of esters is 1. The molecule has 1 fully saturated rings. The Kier molecular flexibility index (Phi) is 7.44. The second kappa shape index (κ2) is 10.5. The van der Waals surface area contributed by atoms with Crippen molar-refractivity contribution in [2.45, 2.75) is 32.0 Å². The Morgan fingerprint density at radius 1 is 1.12 bits per heavy atom. The number of carbonyl (C=O) groups excluding carboxylic acids is 2. The van der Waals surface area contributed by atoms with Gasteiger partial charge >= 0.3 is 12.1 Å². The summed E-state index contributed by atoms with van der Waals surface area (Å²) in [5.41, 5.74) is 2.49. The van der Waals surface area contributed by atoms with Crippen LogP contribution in [0.4, 0.5) is 4.79 Å². The fourth-order valence-electron chi connectivity index (χ4n) is 3.85. The summed E-state index contributed by atoms with van der Waals surface area (Å²) in [5.74, 6) is 0.868. The average molecular weight is 545 g/mol. The lowest BCUT2D eigenvalue weighted by Crippen LogP contribution is -2.31. The van der Waals surface area contributed by atoms with Gasteiger partial charge in [0.2, 0.25) is 0 Å². The minimum atomic E-state index is -0.392. The molecule has 8 heteroatoms. The fourth-order valence-corrected chi connectivity index (χ4v) is 4.39. The van der Waals surface area contributed by atoms with Crippen LogP contribution in [0.25, 0.3) is 0 Å². The van der Waals surface area contributed by atoms with Crippen molar-refractivity contribution in [1.29, 1.82) is 0 Å². The van der Waals surface area contributed by atoms with Crippen LogP contribution in [-0.2, 0) is 27.2 Å². The summed E-state index contributed by atoms with van der Waals surface area (Å²) >= 11 is 9.51. The second-order valence-electron chi connectivity index (χ2n) is 7.98. The number of hydrogen-bond donors (Lipinski definition) is 0. The van der Waals surface area contributed by atoms with Crippen molar-refractivity contribution in [1.82, 2.24) is 4.90 Å². The van der Waals surface area contributed by atoms with Crippen LogP contribution in [0, 0.1) is 0 Å². The minimum absolute atomic E-state index is 0.157. The third-order valence-corrected chi connectivity index (χ3v) is 6.40. The van der Waals surface area contributed by atoms with Crippen molar-refractivity contribution in [2.75, 3.05) is 7.11 Å². The zero-order chi connectivity index (χ0) is 24.2. The van der Waals surface area contributed by atoms with Gasteiger partial charge in [-0.2, -0.15) is 0 Å². The first-order valence-corrected chi connectivity index (χ1v) is 11.9. The standard InChI is InChI=1S/C26H23BrClNO5/c1-16-25(18-6-9-21(28)10-7-18)34-26(31)29(16)15-19-14-20(27)8-11-23(19)33-22-5-3-4-17(12-22)13-24(30)32-2/h3-12,14,16,25H,13,15H2,1-2H3/t16-,25-/m0/s1. The van der Waals surface area contributed by atoms with Crippen LogP contribution < -0.4 is 4.74 Å². The van der Waals surface area contributed by atoms with Gasteiger partial charge in [0.05, 0.1) is 26.1 Å². The van der Waals surface area contributed by atoms with Gasteiger partial charge in [-0.1, -0.05) is 51.8 Å². The third-order valence-electron chi connectivity index (χ3n) is 5.66. The Hall–Kier alpha value is -3.03. The summed E-state index contributed by atoms with van der Waals surface area (Å²) in [4.78, 5) is 26.1. The van der Waals surface area contributed by atoms with Gasteiger partial charge in [-0.05, 0) is 60.5 Å². The minimum Gasteiger partial charge on any atom is -0.469 e. The van der Waals surface area contributed by atoms with Gasteiger partial charge in [-0.3, -0.25) is 9.69 Å².